The number of carbonyl (C=O) groups is 2. The molecule has 10 nitrogen and oxygen atoms in total. The summed E-state index contributed by atoms with van der Waals surface area (Å²) in [5, 5.41) is 3.77. The van der Waals surface area contributed by atoms with Crippen molar-refractivity contribution in [2.45, 2.75) is 77.2 Å². The summed E-state index contributed by atoms with van der Waals surface area (Å²) in [7, 11) is 3.85. The summed E-state index contributed by atoms with van der Waals surface area (Å²) in [6.07, 6.45) is 4.83. The van der Waals surface area contributed by atoms with E-state index in [2.05, 4.69) is 49.7 Å². The van der Waals surface area contributed by atoms with Gasteiger partial charge in [0.1, 0.15) is 12.3 Å². The van der Waals surface area contributed by atoms with Crippen LogP contribution in [0.3, 0.4) is 0 Å². The molecule has 2 aliphatic heterocycles. The van der Waals surface area contributed by atoms with E-state index in [0.29, 0.717) is 30.6 Å². The zero-order valence-electron chi connectivity index (χ0n) is 28.7. The summed E-state index contributed by atoms with van der Waals surface area (Å²) in [6, 6.07) is 12.2. The van der Waals surface area contributed by atoms with Crippen molar-refractivity contribution < 1.29 is 23.5 Å². The van der Waals surface area contributed by atoms with E-state index in [-0.39, 0.29) is 12.5 Å². The summed E-state index contributed by atoms with van der Waals surface area (Å²) >= 11 is 0. The molecule has 2 aromatic carbocycles. The van der Waals surface area contributed by atoms with Gasteiger partial charge < -0.3 is 33.7 Å². The van der Waals surface area contributed by atoms with Crippen molar-refractivity contribution in [3.05, 3.63) is 47.5 Å². The molecule has 3 aliphatic rings. The average Bonchev–Trinajstić information content (AvgIpc) is 3.74. The number of alkyl carbamates (subject to hydrolysis) is 1. The second kappa shape index (κ2) is 12.7. The number of aromatic nitrogens is 3. The summed E-state index contributed by atoms with van der Waals surface area (Å²) in [5.74, 6) is 1.36. The molecule has 2 amide bonds. The van der Waals surface area contributed by atoms with Gasteiger partial charge in [0.25, 0.3) is 5.91 Å². The number of hydrogen-bond donors (Lipinski definition) is 1. The van der Waals surface area contributed by atoms with Gasteiger partial charge in [0.2, 0.25) is 0 Å². The van der Waals surface area contributed by atoms with Crippen LogP contribution in [-0.4, -0.2) is 88.7 Å². The maximum absolute atomic E-state index is 14.0. The van der Waals surface area contributed by atoms with E-state index in [4.69, 9.17) is 14.5 Å². The number of methoxy groups -OCH3 is 1. The molecule has 0 bridgehead atoms. The topological polar surface area (TPSA) is 93.9 Å². The quantitative estimate of drug-likeness (QED) is 0.234. The normalized spacial score (nSPS) is 18.1. The van der Waals surface area contributed by atoms with Crippen LogP contribution in [0.1, 0.15) is 62.4 Å². The van der Waals surface area contributed by atoms with Gasteiger partial charge in [-0.1, -0.05) is 6.07 Å². The molecule has 256 valence electrons. The number of benzene rings is 2. The minimum atomic E-state index is -0.860. The smallest absolute Gasteiger partial charge is 0.408 e. The lowest BCUT2D eigenvalue weighted by molar-refractivity contribution is 0.0466. The number of nitrogens with zero attached hydrogens (tertiary/aromatic N) is 5. The summed E-state index contributed by atoms with van der Waals surface area (Å²) in [5.41, 5.74) is 6.11. The van der Waals surface area contributed by atoms with Crippen molar-refractivity contribution in [1.82, 2.24) is 24.3 Å². The van der Waals surface area contributed by atoms with E-state index >= 15 is 0 Å². The zero-order valence-corrected chi connectivity index (χ0v) is 28.7. The molecule has 4 aromatic rings. The first-order chi connectivity index (χ1) is 23.0. The molecule has 7 rings (SSSR count). The van der Waals surface area contributed by atoms with E-state index in [1.54, 1.807) is 32.8 Å². The molecule has 0 unspecified atom stereocenters. The van der Waals surface area contributed by atoms with Crippen molar-refractivity contribution in [2.24, 2.45) is 13.0 Å². The molecule has 4 heterocycles. The Bertz CT molecular complexity index is 1850. The molecule has 2 aromatic heterocycles. The van der Waals surface area contributed by atoms with Gasteiger partial charge in [-0.15, -0.1) is 0 Å². The van der Waals surface area contributed by atoms with Crippen LogP contribution in [0, 0.1) is 5.92 Å². The molecule has 1 saturated heterocycles. The van der Waals surface area contributed by atoms with Gasteiger partial charge in [-0.3, -0.25) is 4.79 Å². The number of piperidine rings is 1. The van der Waals surface area contributed by atoms with Crippen molar-refractivity contribution >= 4 is 39.6 Å². The third-order valence-electron chi connectivity index (χ3n) is 10.0. The van der Waals surface area contributed by atoms with Crippen LogP contribution in [0.15, 0.2) is 36.4 Å². The van der Waals surface area contributed by atoms with Gasteiger partial charge >= 0.3 is 6.09 Å². The SMILES string of the molecule is COC1CCN(c2ccc3cc(-c4nc5cc6c(cc5n4C)CCN(C[C@@H](CF)NC(=O)OC(C)(C)C)C6=O)n(CC4CC4)c3c2)CC1. The van der Waals surface area contributed by atoms with Crippen molar-refractivity contribution in [3.63, 3.8) is 0 Å². The van der Waals surface area contributed by atoms with Crippen LogP contribution in [0.4, 0.5) is 14.9 Å². The van der Waals surface area contributed by atoms with Crippen LogP contribution in [0.5, 0.6) is 0 Å². The third kappa shape index (κ3) is 6.49. The van der Waals surface area contributed by atoms with Crippen LogP contribution in [0.2, 0.25) is 0 Å². The number of anilines is 1. The Hall–Kier alpha value is -4.12. The number of hydrogen-bond acceptors (Lipinski definition) is 6. The van der Waals surface area contributed by atoms with E-state index < -0.39 is 24.4 Å². The van der Waals surface area contributed by atoms with Gasteiger partial charge in [0.05, 0.1) is 34.4 Å². The van der Waals surface area contributed by atoms with Crippen molar-refractivity contribution in [1.29, 1.82) is 0 Å². The number of carbonyl (C=O) groups excluding carboxylic acids is 2. The second-order valence-corrected chi connectivity index (χ2v) is 14.7. The highest BCUT2D eigenvalue weighted by Gasteiger charge is 2.31. The van der Waals surface area contributed by atoms with Crippen LogP contribution >= 0.6 is 0 Å². The number of aryl methyl sites for hydroxylation is 1. The minimum Gasteiger partial charge on any atom is -0.444 e. The fourth-order valence-corrected chi connectivity index (χ4v) is 7.22. The lowest BCUT2D eigenvalue weighted by Crippen LogP contribution is -2.50. The van der Waals surface area contributed by atoms with E-state index in [1.807, 2.05) is 13.1 Å². The number of imidazole rings is 1. The predicted octanol–water partition coefficient (Wildman–Crippen LogP) is 6.08. The average molecular weight is 659 g/mol. The molecule has 1 N–H and O–H groups in total. The highest BCUT2D eigenvalue weighted by Crippen LogP contribution is 2.38. The molecule has 1 atom stereocenters. The van der Waals surface area contributed by atoms with Crippen LogP contribution in [0.25, 0.3) is 33.5 Å². The Morgan fingerprint density at radius 2 is 1.83 bits per heavy atom. The first-order valence-corrected chi connectivity index (χ1v) is 17.3. The van der Waals surface area contributed by atoms with E-state index in [1.165, 1.54) is 29.4 Å². The molecule has 1 saturated carbocycles. The molecule has 0 radical (unpaired) electrons. The summed E-state index contributed by atoms with van der Waals surface area (Å²) in [4.78, 5) is 35.2. The fourth-order valence-electron chi connectivity index (χ4n) is 7.22. The predicted molar refractivity (Wildman–Crippen MR) is 185 cm³/mol. The molecular weight excluding hydrogens is 611 g/mol. The Morgan fingerprint density at radius 1 is 1.06 bits per heavy atom. The maximum Gasteiger partial charge on any atom is 0.408 e. The van der Waals surface area contributed by atoms with Crippen molar-refractivity contribution in [2.75, 3.05) is 44.9 Å². The molecular formula is C37H47FN6O4. The largest absolute Gasteiger partial charge is 0.444 e. The lowest BCUT2D eigenvalue weighted by atomic mass is 9.97. The molecule has 2 fully saturated rings. The number of rotatable bonds is 9. The molecule has 11 heteroatoms. The Labute approximate surface area is 281 Å². The monoisotopic (exact) mass is 658 g/mol. The van der Waals surface area contributed by atoms with E-state index in [9.17, 15) is 14.0 Å². The van der Waals surface area contributed by atoms with Gasteiger partial charge in [0, 0.05) is 63.5 Å². The van der Waals surface area contributed by atoms with Crippen LogP contribution < -0.4 is 10.2 Å². The highest BCUT2D eigenvalue weighted by atomic mass is 19.1. The van der Waals surface area contributed by atoms with Crippen molar-refractivity contribution in [3.8, 4) is 11.5 Å². The summed E-state index contributed by atoms with van der Waals surface area (Å²) in [6.45, 7) is 7.88. The van der Waals surface area contributed by atoms with Gasteiger partial charge in [0.15, 0.2) is 5.82 Å². The first kappa shape index (κ1) is 32.4. The molecule has 0 spiro atoms. The number of fused-ring (bicyclic) bond motifs is 3. The second-order valence-electron chi connectivity index (χ2n) is 14.7. The number of ether oxygens (including phenoxy) is 2. The zero-order chi connectivity index (χ0) is 33.7. The number of amides is 2. The summed E-state index contributed by atoms with van der Waals surface area (Å²) < 4.78 is 29.4. The van der Waals surface area contributed by atoms with Gasteiger partial charge in [-0.05, 0) is 94.7 Å². The first-order valence-electron chi connectivity index (χ1n) is 17.3. The lowest BCUT2D eigenvalue weighted by Gasteiger charge is -2.33. The standard InChI is InChI=1S/C37H47FN6O4/c1-37(2,3)48-36(46)39-26(20-38)22-43-13-10-24-16-32-30(19-29(24)35(43)45)40-34(41(32)4)33-17-25-8-9-27(42-14-11-28(47-5)12-15-42)18-31(25)44(33)21-23-6-7-23/h8-9,16-19,23,26,28H,6-7,10-15,20-22H2,1-5H3,(H,39,46)/t26-/m1/s1. The van der Waals surface area contributed by atoms with E-state index in [0.717, 1.165) is 60.6 Å². The molecule has 1 aliphatic carbocycles. The number of halogens is 1. The Balaban J connectivity index is 1.17. The highest BCUT2D eigenvalue weighted by molar-refractivity contribution is 6.01. The van der Waals surface area contributed by atoms with Crippen LogP contribution in [-0.2, 0) is 29.5 Å². The number of nitrogens with one attached hydrogen (secondary N) is 1. The Morgan fingerprint density at radius 3 is 2.52 bits per heavy atom. The maximum atomic E-state index is 14.0. The van der Waals surface area contributed by atoms with Gasteiger partial charge in [-0.2, -0.15) is 0 Å². The third-order valence-corrected chi connectivity index (χ3v) is 10.0. The molecule has 48 heavy (non-hydrogen) atoms. The van der Waals surface area contributed by atoms with Gasteiger partial charge in [-0.25, -0.2) is 14.2 Å². The minimum absolute atomic E-state index is 0.0627. The number of alkyl halides is 1. The fraction of sp³-hybridized carbons (Fsp3) is 0.541. The Kier molecular flexibility index (Phi) is 8.60.